The minimum Gasteiger partial charge on any atom is -0.457 e. The van der Waals surface area contributed by atoms with Gasteiger partial charge >= 0.3 is 17.9 Å². The highest BCUT2D eigenvalue weighted by Gasteiger charge is 2.61. The molecule has 4 saturated heterocycles. The number of aliphatic hydroxyl groups excluding tert-OH is 3. The summed E-state index contributed by atoms with van der Waals surface area (Å²) in [5, 5.41) is 45.4. The van der Waals surface area contributed by atoms with Gasteiger partial charge < -0.3 is 58.3 Å². The number of allylic oxidation sites excluding steroid dienone is 3. The normalized spacial score (nSPS) is 43.5. The van der Waals surface area contributed by atoms with Gasteiger partial charge in [0.25, 0.3) is 0 Å². The van der Waals surface area contributed by atoms with Gasteiger partial charge in [0.05, 0.1) is 48.8 Å². The second-order valence-electron chi connectivity index (χ2n) is 16.4. The Bertz CT molecular complexity index is 1370. The fourth-order valence-electron chi connectivity index (χ4n) is 8.66. The van der Waals surface area contributed by atoms with Crippen LogP contribution in [0.1, 0.15) is 105 Å². The Hall–Kier alpha value is -2.47. The molecule has 5 aliphatic rings. The highest BCUT2D eigenvalue weighted by Crippen LogP contribution is 2.39. The molecule has 0 aliphatic carbocycles. The van der Waals surface area contributed by atoms with Crippen molar-refractivity contribution in [3.63, 3.8) is 0 Å². The monoisotopic (exact) mass is 796 g/mol. The van der Waals surface area contributed by atoms with Crippen molar-refractivity contribution < 1.29 is 72.7 Å². The minimum atomic E-state index is -2.67. The molecule has 0 amide bonds. The Balaban J connectivity index is 1.38. The van der Waals surface area contributed by atoms with E-state index in [1.54, 1.807) is 6.92 Å². The Morgan fingerprint density at radius 3 is 2.12 bits per heavy atom. The number of aliphatic hydroxyl groups is 4. The summed E-state index contributed by atoms with van der Waals surface area (Å²) in [7, 11) is 1.43. The SMILES string of the molecule is CCCC(=O)OC1C(C)OC(OC2CC3CC(C)C=CC=CCC4OC(CC4C)C(O)CC4OC(=O)C(O)(C(O)CC(C2)O3)C4O)C(OC)C1OC(=O)CCC. The molecule has 15 heteroatoms. The van der Waals surface area contributed by atoms with E-state index in [9.17, 15) is 34.8 Å². The first-order valence-corrected chi connectivity index (χ1v) is 20.5. The minimum absolute atomic E-state index is 0.0518. The summed E-state index contributed by atoms with van der Waals surface area (Å²) < 4.78 is 48.4. The molecular formula is C41H64O15. The van der Waals surface area contributed by atoms with Gasteiger partial charge in [0.1, 0.15) is 18.3 Å². The summed E-state index contributed by atoms with van der Waals surface area (Å²) in [6.45, 7) is 9.52. The van der Waals surface area contributed by atoms with Crippen molar-refractivity contribution in [1.29, 1.82) is 0 Å². The van der Waals surface area contributed by atoms with Gasteiger partial charge in [-0.3, -0.25) is 9.59 Å². The molecule has 15 nitrogen and oxygen atoms in total. The molecule has 5 heterocycles. The maximum atomic E-state index is 13.2. The number of hydrogen-bond donors (Lipinski definition) is 4. The molecular weight excluding hydrogens is 732 g/mol. The Morgan fingerprint density at radius 2 is 1.46 bits per heavy atom. The lowest BCUT2D eigenvalue weighted by atomic mass is 9.83. The molecule has 5 rings (SSSR count). The van der Waals surface area contributed by atoms with E-state index in [4.69, 9.17) is 37.9 Å². The Kier molecular flexibility index (Phi) is 15.9. The number of hydrogen-bond acceptors (Lipinski definition) is 15. The smallest absolute Gasteiger partial charge is 0.344 e. The first-order valence-electron chi connectivity index (χ1n) is 20.5. The van der Waals surface area contributed by atoms with Gasteiger partial charge in [0.2, 0.25) is 5.60 Å². The lowest BCUT2D eigenvalue weighted by molar-refractivity contribution is -0.319. The van der Waals surface area contributed by atoms with Crippen molar-refractivity contribution in [2.75, 3.05) is 7.11 Å². The lowest BCUT2D eigenvalue weighted by Crippen LogP contribution is -2.61. The van der Waals surface area contributed by atoms with Gasteiger partial charge in [-0.25, -0.2) is 4.79 Å². The van der Waals surface area contributed by atoms with Gasteiger partial charge in [0.15, 0.2) is 18.5 Å². The summed E-state index contributed by atoms with van der Waals surface area (Å²) in [5.41, 5.74) is -2.67. The van der Waals surface area contributed by atoms with Crippen LogP contribution in [0.15, 0.2) is 24.3 Å². The fraction of sp³-hybridized carbons (Fsp3) is 0.829. The van der Waals surface area contributed by atoms with Crippen LogP contribution in [0, 0.1) is 11.8 Å². The molecule has 0 radical (unpaired) electrons. The van der Waals surface area contributed by atoms with E-state index in [-0.39, 0.29) is 50.0 Å². The molecule has 0 aromatic carbocycles. The molecule has 5 aliphatic heterocycles. The van der Waals surface area contributed by atoms with E-state index < -0.39 is 103 Å². The van der Waals surface area contributed by atoms with Gasteiger partial charge in [0, 0.05) is 45.6 Å². The molecule has 0 aromatic rings. The lowest BCUT2D eigenvalue weighted by Gasteiger charge is -2.46. The van der Waals surface area contributed by atoms with E-state index >= 15 is 0 Å². The van der Waals surface area contributed by atoms with E-state index in [0.717, 1.165) is 0 Å². The molecule has 0 aromatic heterocycles. The van der Waals surface area contributed by atoms with Crippen molar-refractivity contribution in [1.82, 2.24) is 0 Å². The van der Waals surface area contributed by atoms with Crippen molar-refractivity contribution in [2.45, 2.75) is 196 Å². The number of rotatable bonds is 9. The largest absolute Gasteiger partial charge is 0.457 e. The zero-order valence-corrected chi connectivity index (χ0v) is 33.6. The van der Waals surface area contributed by atoms with Crippen molar-refractivity contribution in [3.8, 4) is 0 Å². The summed E-state index contributed by atoms with van der Waals surface area (Å²) >= 11 is 0. The first-order chi connectivity index (χ1) is 26.7. The number of methoxy groups -OCH3 is 1. The van der Waals surface area contributed by atoms with E-state index in [2.05, 4.69) is 13.0 Å². The summed E-state index contributed by atoms with van der Waals surface area (Å²) in [6, 6.07) is 0. The van der Waals surface area contributed by atoms with Crippen LogP contribution in [0.4, 0.5) is 0 Å². The maximum absolute atomic E-state index is 13.2. The number of esters is 3. The summed E-state index contributed by atoms with van der Waals surface area (Å²) in [6.07, 6.45) is -1.67. The highest BCUT2D eigenvalue weighted by atomic mass is 16.7. The molecule has 56 heavy (non-hydrogen) atoms. The van der Waals surface area contributed by atoms with E-state index in [0.29, 0.717) is 38.5 Å². The number of carbonyl (C=O) groups is 3. The van der Waals surface area contributed by atoms with Crippen LogP contribution in [0.2, 0.25) is 0 Å². The van der Waals surface area contributed by atoms with Crippen LogP contribution < -0.4 is 0 Å². The molecule has 4 fully saturated rings. The Morgan fingerprint density at radius 1 is 0.804 bits per heavy atom. The zero-order chi connectivity index (χ0) is 40.7. The zero-order valence-electron chi connectivity index (χ0n) is 33.6. The molecule has 17 unspecified atom stereocenters. The van der Waals surface area contributed by atoms with Crippen LogP contribution in [0.3, 0.4) is 0 Å². The van der Waals surface area contributed by atoms with Crippen LogP contribution >= 0.6 is 0 Å². The standard InChI is InChI=1S/C41H64O15/c1-7-12-33(44)55-35-24(5)50-39(37(49-6)36(35)56-34(45)13-8-2)52-26-18-25-16-22(3)14-10-9-11-15-29-23(4)17-30(53-29)28(42)21-31-38(46)41(48,40(47)54-31)32(43)20-27(19-26)51-25/h9-11,14,22-32,35-39,42-43,46,48H,7-8,12-13,15-21H2,1-6H3. The van der Waals surface area contributed by atoms with Crippen LogP contribution in [-0.2, 0) is 52.3 Å². The second-order valence-corrected chi connectivity index (χ2v) is 16.4. The molecule has 0 spiro atoms. The molecule has 4 N–H and O–H groups in total. The third kappa shape index (κ3) is 10.6. The molecule has 318 valence electrons. The summed E-state index contributed by atoms with van der Waals surface area (Å²) in [5.74, 6) is -1.91. The van der Waals surface area contributed by atoms with Gasteiger partial charge in [-0.1, -0.05) is 52.0 Å². The van der Waals surface area contributed by atoms with Crippen LogP contribution in [-0.4, -0.2) is 137 Å². The van der Waals surface area contributed by atoms with Crippen molar-refractivity contribution >= 4 is 17.9 Å². The molecule has 17 atom stereocenters. The van der Waals surface area contributed by atoms with Gasteiger partial charge in [-0.15, -0.1) is 0 Å². The third-order valence-corrected chi connectivity index (χ3v) is 11.8. The highest BCUT2D eigenvalue weighted by molar-refractivity contribution is 5.83. The number of ether oxygens (including phenoxy) is 8. The summed E-state index contributed by atoms with van der Waals surface area (Å²) in [4.78, 5) is 38.6. The number of carbonyl (C=O) groups excluding carboxylic acids is 3. The Labute approximate surface area is 329 Å². The van der Waals surface area contributed by atoms with Gasteiger partial charge in [-0.2, -0.15) is 0 Å². The van der Waals surface area contributed by atoms with Crippen molar-refractivity contribution in [2.24, 2.45) is 11.8 Å². The quantitative estimate of drug-likeness (QED) is 0.196. The van der Waals surface area contributed by atoms with E-state index in [1.807, 2.05) is 39.0 Å². The third-order valence-electron chi connectivity index (χ3n) is 11.8. The maximum Gasteiger partial charge on any atom is 0.344 e. The molecule has 0 saturated carbocycles. The fourth-order valence-corrected chi connectivity index (χ4v) is 8.66. The van der Waals surface area contributed by atoms with Crippen LogP contribution in [0.5, 0.6) is 0 Å². The topological polar surface area (TPSA) is 206 Å². The van der Waals surface area contributed by atoms with Gasteiger partial charge in [-0.05, 0) is 50.9 Å². The predicted octanol–water partition coefficient (Wildman–Crippen LogP) is 2.96. The predicted molar refractivity (Wildman–Crippen MR) is 199 cm³/mol. The van der Waals surface area contributed by atoms with E-state index in [1.165, 1.54) is 7.11 Å². The first kappa shape index (κ1) is 44.6. The average Bonchev–Trinajstić information content (AvgIpc) is 3.61. The molecule has 6 bridgehead atoms. The number of fused-ring (bicyclic) bond motifs is 6. The second kappa shape index (κ2) is 20.0. The van der Waals surface area contributed by atoms with Crippen LogP contribution in [0.25, 0.3) is 0 Å². The van der Waals surface area contributed by atoms with Crippen molar-refractivity contribution in [3.05, 3.63) is 24.3 Å². The average molecular weight is 797 g/mol.